The van der Waals surface area contributed by atoms with Gasteiger partial charge in [-0.1, -0.05) is 6.08 Å². The molecule has 4 aromatic rings. The van der Waals surface area contributed by atoms with Gasteiger partial charge in [0.15, 0.2) is 11.5 Å². The number of anilines is 3. The number of pyridine rings is 2. The number of aromatic nitrogens is 4. The van der Waals surface area contributed by atoms with Crippen LogP contribution in [0.1, 0.15) is 18.4 Å². The molecule has 0 aliphatic carbocycles. The number of rotatable bonds is 5. The fourth-order valence-electron chi connectivity index (χ4n) is 5.79. The fourth-order valence-corrected chi connectivity index (χ4v) is 5.79. The summed E-state index contributed by atoms with van der Waals surface area (Å²) in [7, 11) is 0. The number of piperidine rings is 1. The van der Waals surface area contributed by atoms with Gasteiger partial charge < -0.3 is 16.0 Å². The number of nitrogen functional groups attached to an aromatic ring is 1. The van der Waals surface area contributed by atoms with Crippen LogP contribution < -0.4 is 26.4 Å². The molecule has 3 aliphatic rings. The summed E-state index contributed by atoms with van der Waals surface area (Å²) in [6.45, 7) is 5.27. The van der Waals surface area contributed by atoms with Crippen molar-refractivity contribution in [1.82, 2.24) is 30.3 Å². The zero-order chi connectivity index (χ0) is 24.8. The predicted molar refractivity (Wildman–Crippen MR) is 148 cm³/mol. The molecule has 0 radical (unpaired) electrons. The molecule has 0 bridgehead atoms. The number of imidazole rings is 1. The van der Waals surface area contributed by atoms with Crippen molar-refractivity contribution in [3.05, 3.63) is 66.5 Å². The maximum atomic E-state index is 6.32. The Morgan fingerprint density at radius 3 is 2.81 bits per heavy atom. The lowest BCUT2D eigenvalue weighted by molar-refractivity contribution is 0.375. The normalized spacial score (nSPS) is 17.7. The highest BCUT2D eigenvalue weighted by Gasteiger charge is 2.25. The van der Waals surface area contributed by atoms with Crippen LogP contribution >= 0.6 is 0 Å². The molecule has 1 saturated heterocycles. The van der Waals surface area contributed by atoms with Gasteiger partial charge in [-0.05, 0) is 86.3 Å². The Bertz CT molecular complexity index is 1480. The molecule has 6 heterocycles. The molecule has 0 atom stereocenters. The summed E-state index contributed by atoms with van der Waals surface area (Å²) in [6, 6.07) is 14.6. The Hall–Kier alpha value is -3.95. The topological polar surface area (TPSA) is 100 Å². The maximum absolute atomic E-state index is 6.32. The minimum absolute atomic E-state index is 0.456. The zero-order valence-corrected chi connectivity index (χ0v) is 20.8. The number of nitrogens with zero attached hydrogens (tertiary/aromatic N) is 6. The van der Waals surface area contributed by atoms with Crippen LogP contribution in [0.15, 0.2) is 60.9 Å². The average molecular weight is 494 g/mol. The molecule has 0 amide bonds. The fraction of sp³-hybridized carbons (Fsp3) is 0.321. The molecule has 0 saturated carbocycles. The summed E-state index contributed by atoms with van der Waals surface area (Å²) in [4.78, 5) is 16.9. The van der Waals surface area contributed by atoms with Gasteiger partial charge in [-0.3, -0.25) is 9.58 Å². The molecule has 1 aromatic carbocycles. The zero-order valence-electron chi connectivity index (χ0n) is 20.8. The molecule has 37 heavy (non-hydrogen) atoms. The van der Waals surface area contributed by atoms with Crippen molar-refractivity contribution < 1.29 is 0 Å². The van der Waals surface area contributed by atoms with Crippen LogP contribution in [-0.2, 0) is 6.42 Å². The Balaban J connectivity index is 1.32. The summed E-state index contributed by atoms with van der Waals surface area (Å²) >= 11 is 0. The van der Waals surface area contributed by atoms with Gasteiger partial charge in [-0.2, -0.15) is 0 Å². The van der Waals surface area contributed by atoms with E-state index in [0.29, 0.717) is 5.82 Å². The third kappa shape index (κ3) is 4.00. The van der Waals surface area contributed by atoms with Gasteiger partial charge in [0.1, 0.15) is 17.2 Å². The SMILES string of the molecule is Nc1ncccc1-c1nc2ccc(N3C=CCN3)nc2n1-c1ccc2c(c1)CCN2CC1CCNCC1. The second-order valence-electron chi connectivity index (χ2n) is 10.0. The van der Waals surface area contributed by atoms with Crippen molar-refractivity contribution in [3.63, 3.8) is 0 Å². The molecule has 0 unspecified atom stereocenters. The Morgan fingerprint density at radius 1 is 1.05 bits per heavy atom. The highest BCUT2D eigenvalue weighted by atomic mass is 15.5. The number of hydrogen-bond acceptors (Lipinski definition) is 8. The van der Waals surface area contributed by atoms with Crippen LogP contribution in [-0.4, -0.2) is 52.2 Å². The van der Waals surface area contributed by atoms with E-state index in [9.17, 15) is 0 Å². The molecule has 9 nitrogen and oxygen atoms in total. The largest absolute Gasteiger partial charge is 0.383 e. The number of nitrogens with one attached hydrogen (secondary N) is 2. The van der Waals surface area contributed by atoms with E-state index in [2.05, 4.69) is 49.5 Å². The van der Waals surface area contributed by atoms with Crippen LogP contribution in [0.3, 0.4) is 0 Å². The lowest BCUT2D eigenvalue weighted by Gasteiger charge is -2.29. The van der Waals surface area contributed by atoms with Gasteiger partial charge >= 0.3 is 0 Å². The molecular formula is C28H31N9. The Morgan fingerprint density at radius 2 is 1.97 bits per heavy atom. The van der Waals surface area contributed by atoms with Gasteiger partial charge in [0, 0.05) is 43.4 Å². The smallest absolute Gasteiger partial charge is 0.167 e. The molecule has 3 aliphatic heterocycles. The maximum Gasteiger partial charge on any atom is 0.167 e. The van der Waals surface area contributed by atoms with Crippen LogP contribution in [0.4, 0.5) is 17.3 Å². The second kappa shape index (κ2) is 9.17. The molecular weight excluding hydrogens is 462 g/mol. The quantitative estimate of drug-likeness (QED) is 0.390. The third-order valence-corrected chi connectivity index (χ3v) is 7.70. The molecule has 1 fully saturated rings. The number of benzene rings is 1. The van der Waals surface area contributed by atoms with E-state index in [0.717, 1.165) is 79.1 Å². The first-order valence-electron chi connectivity index (χ1n) is 13.1. The van der Waals surface area contributed by atoms with E-state index < -0.39 is 0 Å². The van der Waals surface area contributed by atoms with Crippen molar-refractivity contribution >= 4 is 28.5 Å². The first-order chi connectivity index (χ1) is 18.2. The number of fused-ring (bicyclic) bond motifs is 2. The first kappa shape index (κ1) is 22.3. The molecule has 9 heteroatoms. The summed E-state index contributed by atoms with van der Waals surface area (Å²) in [5, 5.41) is 5.42. The van der Waals surface area contributed by atoms with E-state index in [4.69, 9.17) is 15.7 Å². The Labute approximate surface area is 216 Å². The van der Waals surface area contributed by atoms with Gasteiger partial charge in [0.25, 0.3) is 0 Å². The summed E-state index contributed by atoms with van der Waals surface area (Å²) in [5.74, 6) is 2.79. The second-order valence-corrected chi connectivity index (χ2v) is 10.0. The summed E-state index contributed by atoms with van der Waals surface area (Å²) in [6.07, 6.45) is 9.35. The standard InChI is InChI=1S/C28H31N9/c29-26-22(3-1-11-31-26)27-33-23-5-7-25(36-15-2-12-32-36)34-28(23)37(27)21-4-6-24-20(17-21)10-16-35(24)18-19-8-13-30-14-9-19/h1-7,11,15,17,19,30,32H,8-10,12-14,16,18H2,(H2,29,31). The average Bonchev–Trinajstić information content (AvgIpc) is 3.68. The monoisotopic (exact) mass is 493 g/mol. The van der Waals surface area contributed by atoms with E-state index in [1.165, 1.54) is 24.1 Å². The van der Waals surface area contributed by atoms with Gasteiger partial charge in [0.05, 0.1) is 5.56 Å². The van der Waals surface area contributed by atoms with Crippen molar-refractivity contribution in [3.8, 4) is 17.1 Å². The van der Waals surface area contributed by atoms with Gasteiger partial charge in [-0.15, -0.1) is 0 Å². The summed E-state index contributed by atoms with van der Waals surface area (Å²) < 4.78 is 2.13. The van der Waals surface area contributed by atoms with E-state index in [1.807, 2.05) is 35.5 Å². The molecule has 188 valence electrons. The van der Waals surface area contributed by atoms with Gasteiger partial charge in [-0.25, -0.2) is 20.4 Å². The summed E-state index contributed by atoms with van der Waals surface area (Å²) in [5.41, 5.74) is 15.8. The van der Waals surface area contributed by atoms with Crippen molar-refractivity contribution in [2.75, 3.05) is 48.4 Å². The van der Waals surface area contributed by atoms with E-state index in [-0.39, 0.29) is 0 Å². The van der Waals surface area contributed by atoms with Gasteiger partial charge in [0.2, 0.25) is 0 Å². The highest BCUT2D eigenvalue weighted by molar-refractivity contribution is 5.84. The molecule has 3 aromatic heterocycles. The number of hydrogen-bond donors (Lipinski definition) is 3. The van der Waals surface area contributed by atoms with Crippen LogP contribution in [0.25, 0.3) is 28.2 Å². The van der Waals surface area contributed by atoms with Crippen molar-refractivity contribution in [2.24, 2.45) is 5.92 Å². The first-order valence-corrected chi connectivity index (χ1v) is 13.1. The third-order valence-electron chi connectivity index (χ3n) is 7.70. The van der Waals surface area contributed by atoms with Crippen LogP contribution in [0.5, 0.6) is 0 Å². The minimum Gasteiger partial charge on any atom is -0.383 e. The predicted octanol–water partition coefficient (Wildman–Crippen LogP) is 3.27. The minimum atomic E-state index is 0.456. The number of hydrazine groups is 1. The van der Waals surface area contributed by atoms with Crippen LogP contribution in [0.2, 0.25) is 0 Å². The van der Waals surface area contributed by atoms with E-state index in [1.54, 1.807) is 6.20 Å². The van der Waals surface area contributed by atoms with Crippen LogP contribution in [0, 0.1) is 5.92 Å². The lowest BCUT2D eigenvalue weighted by Crippen LogP contribution is -2.35. The number of nitrogens with two attached hydrogens (primary N) is 1. The van der Waals surface area contributed by atoms with Crippen molar-refractivity contribution in [2.45, 2.75) is 19.3 Å². The lowest BCUT2D eigenvalue weighted by atomic mass is 9.97. The highest BCUT2D eigenvalue weighted by Crippen LogP contribution is 2.35. The van der Waals surface area contributed by atoms with Crippen molar-refractivity contribution in [1.29, 1.82) is 0 Å². The Kier molecular flexibility index (Phi) is 5.52. The molecule has 4 N–H and O–H groups in total. The molecule has 0 spiro atoms. The van der Waals surface area contributed by atoms with E-state index >= 15 is 0 Å². The molecule has 7 rings (SSSR count).